The zero-order chi connectivity index (χ0) is 16.5. The average Bonchev–Trinajstić information content (AvgIpc) is 3.12. The third kappa shape index (κ3) is 6.27. The number of halogens is 1. The quantitative estimate of drug-likeness (QED) is 0.379. The Bertz CT molecular complexity index is 454. The molecule has 0 bridgehead atoms. The van der Waals surface area contributed by atoms with Crippen LogP contribution in [0.3, 0.4) is 0 Å². The lowest BCUT2D eigenvalue weighted by atomic mass is 9.96. The molecule has 5 nitrogen and oxygen atoms in total. The van der Waals surface area contributed by atoms with Gasteiger partial charge in [-0.25, -0.2) is 0 Å². The molecule has 0 aromatic carbocycles. The largest absolute Gasteiger partial charge is 0.468 e. The first-order valence-electron chi connectivity index (χ1n) is 9.03. The Morgan fingerprint density at radius 1 is 1.29 bits per heavy atom. The normalized spacial score (nSPS) is 17.4. The number of rotatable bonds is 7. The van der Waals surface area contributed by atoms with Gasteiger partial charge in [0.15, 0.2) is 5.96 Å². The van der Waals surface area contributed by atoms with Crippen molar-refractivity contribution in [2.75, 3.05) is 26.7 Å². The molecule has 1 unspecified atom stereocenters. The van der Waals surface area contributed by atoms with Crippen LogP contribution in [-0.2, 0) is 0 Å². The Labute approximate surface area is 163 Å². The highest BCUT2D eigenvalue weighted by Gasteiger charge is 2.21. The van der Waals surface area contributed by atoms with Gasteiger partial charge in [-0.1, -0.05) is 33.1 Å². The van der Waals surface area contributed by atoms with E-state index < -0.39 is 0 Å². The molecule has 6 heteroatoms. The predicted octanol–water partition coefficient (Wildman–Crippen LogP) is 3.78. The van der Waals surface area contributed by atoms with Gasteiger partial charge in [-0.3, -0.25) is 9.89 Å². The summed E-state index contributed by atoms with van der Waals surface area (Å²) >= 11 is 0. The van der Waals surface area contributed by atoms with Gasteiger partial charge in [-0.2, -0.15) is 0 Å². The smallest absolute Gasteiger partial charge is 0.191 e. The molecule has 0 aliphatic heterocycles. The van der Waals surface area contributed by atoms with Crippen LogP contribution >= 0.6 is 24.0 Å². The van der Waals surface area contributed by atoms with E-state index in [1.165, 1.54) is 32.1 Å². The number of nitrogens with zero attached hydrogens (tertiary/aromatic N) is 2. The van der Waals surface area contributed by atoms with Gasteiger partial charge in [-0.05, 0) is 38.1 Å². The molecular formula is C18H33IN4O. The zero-order valence-electron chi connectivity index (χ0n) is 15.3. The number of guanidine groups is 1. The van der Waals surface area contributed by atoms with Crippen LogP contribution in [0.5, 0.6) is 0 Å². The van der Waals surface area contributed by atoms with Crippen molar-refractivity contribution >= 4 is 29.9 Å². The van der Waals surface area contributed by atoms with E-state index in [1.807, 2.05) is 13.1 Å². The molecule has 1 aromatic rings. The molecular weight excluding hydrogens is 415 g/mol. The highest BCUT2D eigenvalue weighted by atomic mass is 127. The van der Waals surface area contributed by atoms with E-state index in [9.17, 15) is 0 Å². The first kappa shape index (κ1) is 21.3. The van der Waals surface area contributed by atoms with Crippen LogP contribution in [0.25, 0.3) is 0 Å². The summed E-state index contributed by atoms with van der Waals surface area (Å²) in [7, 11) is 1.84. The van der Waals surface area contributed by atoms with Crippen molar-refractivity contribution < 1.29 is 4.42 Å². The number of nitrogens with one attached hydrogen (secondary N) is 2. The minimum absolute atomic E-state index is 0. The summed E-state index contributed by atoms with van der Waals surface area (Å²) in [5.74, 6) is 1.91. The Morgan fingerprint density at radius 3 is 2.54 bits per heavy atom. The molecule has 0 spiro atoms. The Hall–Kier alpha value is -0.760. The Balaban J connectivity index is 0.00000288. The van der Waals surface area contributed by atoms with Gasteiger partial charge in [0.25, 0.3) is 0 Å². The molecule has 138 valence electrons. The van der Waals surface area contributed by atoms with E-state index >= 15 is 0 Å². The molecule has 1 atom stereocenters. The lowest BCUT2D eigenvalue weighted by molar-refractivity contribution is 0.193. The fourth-order valence-corrected chi connectivity index (χ4v) is 3.38. The first-order valence-corrected chi connectivity index (χ1v) is 9.03. The number of aliphatic imine (C=N–C) groups is 1. The molecule has 1 aliphatic rings. The summed E-state index contributed by atoms with van der Waals surface area (Å²) in [6.45, 7) is 7.17. The van der Waals surface area contributed by atoms with Gasteiger partial charge < -0.3 is 15.1 Å². The second-order valence-electron chi connectivity index (χ2n) is 6.18. The van der Waals surface area contributed by atoms with Gasteiger partial charge in [-0.15, -0.1) is 24.0 Å². The van der Waals surface area contributed by atoms with Gasteiger partial charge in [0, 0.05) is 19.6 Å². The van der Waals surface area contributed by atoms with Crippen LogP contribution in [0, 0.1) is 0 Å². The van der Waals surface area contributed by atoms with E-state index in [4.69, 9.17) is 4.42 Å². The van der Waals surface area contributed by atoms with Gasteiger partial charge in [0.1, 0.15) is 5.76 Å². The van der Waals surface area contributed by atoms with Gasteiger partial charge >= 0.3 is 0 Å². The minimum Gasteiger partial charge on any atom is -0.468 e. The highest BCUT2D eigenvalue weighted by Crippen LogP contribution is 2.20. The monoisotopic (exact) mass is 448 g/mol. The predicted molar refractivity (Wildman–Crippen MR) is 111 cm³/mol. The fourth-order valence-electron chi connectivity index (χ4n) is 3.38. The lowest BCUT2D eigenvalue weighted by Gasteiger charge is -2.30. The van der Waals surface area contributed by atoms with E-state index in [2.05, 4.69) is 40.4 Å². The van der Waals surface area contributed by atoms with Crippen molar-refractivity contribution in [2.45, 2.75) is 58.0 Å². The topological polar surface area (TPSA) is 52.8 Å². The third-order valence-corrected chi connectivity index (χ3v) is 4.76. The van der Waals surface area contributed by atoms with E-state index in [-0.39, 0.29) is 30.0 Å². The summed E-state index contributed by atoms with van der Waals surface area (Å²) in [4.78, 5) is 6.79. The van der Waals surface area contributed by atoms with Crippen molar-refractivity contribution in [2.24, 2.45) is 4.99 Å². The molecule has 1 saturated carbocycles. The van der Waals surface area contributed by atoms with Crippen LogP contribution in [-0.4, -0.2) is 43.6 Å². The van der Waals surface area contributed by atoms with E-state index in [1.54, 1.807) is 6.26 Å². The third-order valence-electron chi connectivity index (χ3n) is 4.76. The maximum absolute atomic E-state index is 5.65. The molecule has 1 heterocycles. The summed E-state index contributed by atoms with van der Waals surface area (Å²) in [6, 6.07) is 4.80. The van der Waals surface area contributed by atoms with Gasteiger partial charge in [0.05, 0.1) is 12.3 Å². The SMILES string of the molecule is CCN(CC)C(CNC(=NC)NC1CCCCC1)c1ccco1.I. The molecule has 2 rings (SSSR count). The number of furan rings is 1. The fraction of sp³-hybridized carbons (Fsp3) is 0.722. The summed E-state index contributed by atoms with van der Waals surface area (Å²) in [5.41, 5.74) is 0. The zero-order valence-corrected chi connectivity index (χ0v) is 17.6. The van der Waals surface area contributed by atoms with E-state index in [0.29, 0.717) is 6.04 Å². The van der Waals surface area contributed by atoms with Crippen LogP contribution < -0.4 is 10.6 Å². The van der Waals surface area contributed by atoms with E-state index in [0.717, 1.165) is 31.4 Å². The number of hydrogen-bond donors (Lipinski definition) is 2. The molecule has 0 saturated heterocycles. The van der Waals surface area contributed by atoms with Gasteiger partial charge in [0.2, 0.25) is 0 Å². The van der Waals surface area contributed by atoms with Crippen molar-refractivity contribution in [1.82, 2.24) is 15.5 Å². The lowest BCUT2D eigenvalue weighted by Crippen LogP contribution is -2.47. The molecule has 1 aliphatic carbocycles. The van der Waals surface area contributed by atoms with Crippen LogP contribution in [0.4, 0.5) is 0 Å². The Morgan fingerprint density at radius 2 is 2.00 bits per heavy atom. The molecule has 0 amide bonds. The maximum atomic E-state index is 5.65. The highest BCUT2D eigenvalue weighted by molar-refractivity contribution is 14.0. The summed E-state index contributed by atoms with van der Waals surface area (Å²) in [5, 5.41) is 7.06. The molecule has 0 radical (unpaired) electrons. The average molecular weight is 448 g/mol. The first-order chi connectivity index (χ1) is 11.3. The van der Waals surface area contributed by atoms with Crippen molar-refractivity contribution in [1.29, 1.82) is 0 Å². The van der Waals surface area contributed by atoms with Crippen LogP contribution in [0.1, 0.15) is 57.8 Å². The molecule has 1 aromatic heterocycles. The van der Waals surface area contributed by atoms with Crippen molar-refractivity contribution in [3.8, 4) is 0 Å². The second kappa shape index (κ2) is 11.7. The van der Waals surface area contributed by atoms with Crippen molar-refractivity contribution in [3.63, 3.8) is 0 Å². The van der Waals surface area contributed by atoms with Crippen LogP contribution in [0.15, 0.2) is 27.8 Å². The van der Waals surface area contributed by atoms with Crippen molar-refractivity contribution in [3.05, 3.63) is 24.2 Å². The standard InChI is InChI=1S/C18H32N4O.HI/c1-4-22(5-2)16(17-12-9-13-23-17)14-20-18(19-3)21-15-10-7-6-8-11-15;/h9,12-13,15-16H,4-8,10-11,14H2,1-3H3,(H2,19,20,21);1H. The minimum atomic E-state index is 0. The molecule has 2 N–H and O–H groups in total. The molecule has 24 heavy (non-hydrogen) atoms. The van der Waals surface area contributed by atoms with Crippen LogP contribution in [0.2, 0.25) is 0 Å². The number of likely N-dealkylation sites (N-methyl/N-ethyl adjacent to an activating group) is 1. The summed E-state index contributed by atoms with van der Waals surface area (Å²) in [6.07, 6.45) is 8.26. The number of hydrogen-bond acceptors (Lipinski definition) is 3. The Kier molecular flexibility index (Phi) is 10.4. The molecule has 1 fully saturated rings. The second-order valence-corrected chi connectivity index (χ2v) is 6.18. The summed E-state index contributed by atoms with van der Waals surface area (Å²) < 4.78 is 5.65. The maximum Gasteiger partial charge on any atom is 0.191 e.